The van der Waals surface area contributed by atoms with Gasteiger partial charge in [0.15, 0.2) is 0 Å². The van der Waals surface area contributed by atoms with Crippen LogP contribution in [0.5, 0.6) is 0 Å². The summed E-state index contributed by atoms with van der Waals surface area (Å²) in [6.45, 7) is 6.85. The minimum absolute atomic E-state index is 0.00468. The first-order valence-corrected chi connectivity index (χ1v) is 4.03. The number of ether oxygens (including phenoxy) is 1. The number of nitrogens with one attached hydrogen (secondary N) is 1. The van der Waals surface area contributed by atoms with Gasteiger partial charge in [-0.15, -0.1) is 0 Å². The molecular weight excluding hydrogens is 142 g/mol. The van der Waals surface area contributed by atoms with Crippen LogP contribution in [0.2, 0.25) is 0 Å². The van der Waals surface area contributed by atoms with Gasteiger partial charge in [-0.25, -0.2) is 0 Å². The molecule has 1 N–H and O–H groups in total. The van der Waals surface area contributed by atoms with Crippen molar-refractivity contribution >= 4 is 5.97 Å². The van der Waals surface area contributed by atoms with Crippen LogP contribution in [0.15, 0.2) is 0 Å². The quantitative estimate of drug-likeness (QED) is 0.599. The number of cyclic esters (lactones) is 1. The first kappa shape index (κ1) is 8.53. The first-order valence-electron chi connectivity index (χ1n) is 4.03. The smallest absolute Gasteiger partial charge is 0.308 e. The van der Waals surface area contributed by atoms with E-state index in [-0.39, 0.29) is 17.6 Å². The van der Waals surface area contributed by atoms with Gasteiger partial charge in [-0.05, 0) is 20.4 Å². The molecule has 1 saturated heterocycles. The van der Waals surface area contributed by atoms with Crippen LogP contribution < -0.4 is 5.32 Å². The molecule has 1 fully saturated rings. The fraction of sp³-hybridized carbons (Fsp3) is 0.875. The largest absolute Gasteiger partial charge is 0.461 e. The highest BCUT2D eigenvalue weighted by Crippen LogP contribution is 2.25. The highest BCUT2D eigenvalue weighted by atomic mass is 16.6. The molecule has 1 aliphatic heterocycles. The van der Waals surface area contributed by atoms with Crippen molar-refractivity contribution in [1.82, 2.24) is 5.32 Å². The van der Waals surface area contributed by atoms with E-state index >= 15 is 0 Å². The van der Waals surface area contributed by atoms with E-state index in [0.29, 0.717) is 6.42 Å². The topological polar surface area (TPSA) is 38.3 Å². The molecule has 0 radical (unpaired) electrons. The molecule has 0 aromatic rings. The van der Waals surface area contributed by atoms with E-state index in [1.54, 1.807) is 0 Å². The Labute approximate surface area is 67.1 Å². The Hall–Kier alpha value is -0.570. The molecule has 0 aromatic heterocycles. The molecule has 1 heterocycles. The molecule has 3 heteroatoms. The second-order valence-electron chi connectivity index (χ2n) is 3.26. The summed E-state index contributed by atoms with van der Waals surface area (Å²) >= 11 is 0. The zero-order valence-corrected chi connectivity index (χ0v) is 7.31. The van der Waals surface area contributed by atoms with Crippen molar-refractivity contribution in [3.8, 4) is 0 Å². The summed E-state index contributed by atoms with van der Waals surface area (Å²) in [6, 6.07) is 0. The van der Waals surface area contributed by atoms with Gasteiger partial charge < -0.3 is 10.1 Å². The third kappa shape index (κ3) is 1.53. The summed E-state index contributed by atoms with van der Waals surface area (Å²) in [7, 11) is 0. The fourth-order valence-electron chi connectivity index (χ4n) is 1.42. The Morgan fingerprint density at radius 1 is 1.82 bits per heavy atom. The van der Waals surface area contributed by atoms with Crippen LogP contribution in [0.1, 0.15) is 27.2 Å². The second kappa shape index (κ2) is 2.81. The number of rotatable bonds is 2. The van der Waals surface area contributed by atoms with E-state index in [4.69, 9.17) is 4.74 Å². The van der Waals surface area contributed by atoms with Crippen molar-refractivity contribution in [2.24, 2.45) is 0 Å². The maximum Gasteiger partial charge on any atom is 0.308 e. The summed E-state index contributed by atoms with van der Waals surface area (Å²) in [5, 5.41) is 3.26. The van der Waals surface area contributed by atoms with Gasteiger partial charge in [0.25, 0.3) is 0 Å². The molecular formula is C8H15NO2. The molecule has 0 amide bonds. The van der Waals surface area contributed by atoms with Gasteiger partial charge in [0.1, 0.15) is 6.10 Å². The molecule has 0 unspecified atom stereocenters. The SMILES string of the molecule is CCN[C@]1(C)CC(=O)O[C@H]1C. The second-order valence-corrected chi connectivity index (χ2v) is 3.26. The monoisotopic (exact) mass is 157 g/mol. The average Bonchev–Trinajstić information content (AvgIpc) is 2.08. The normalized spacial score (nSPS) is 37.4. The predicted octanol–water partition coefficient (Wildman–Crippen LogP) is 0.690. The van der Waals surface area contributed by atoms with Crippen LogP contribution in [0.3, 0.4) is 0 Å². The molecule has 0 aliphatic carbocycles. The third-order valence-electron chi connectivity index (χ3n) is 2.30. The highest BCUT2D eigenvalue weighted by molar-refractivity contribution is 5.73. The van der Waals surface area contributed by atoms with Crippen molar-refractivity contribution in [3.05, 3.63) is 0 Å². The molecule has 3 nitrogen and oxygen atoms in total. The summed E-state index contributed by atoms with van der Waals surface area (Å²) in [5.74, 6) is -0.0963. The Bertz CT molecular complexity index is 169. The van der Waals surface area contributed by atoms with Crippen molar-refractivity contribution in [1.29, 1.82) is 0 Å². The van der Waals surface area contributed by atoms with E-state index in [0.717, 1.165) is 6.54 Å². The Balaban J connectivity index is 2.62. The summed E-state index contributed by atoms with van der Waals surface area (Å²) in [6.07, 6.45) is 0.483. The molecule has 64 valence electrons. The van der Waals surface area contributed by atoms with E-state index < -0.39 is 0 Å². The minimum atomic E-state index is -0.147. The van der Waals surface area contributed by atoms with Gasteiger partial charge in [-0.2, -0.15) is 0 Å². The summed E-state index contributed by atoms with van der Waals surface area (Å²) in [5.41, 5.74) is -0.147. The number of hydrogen-bond donors (Lipinski definition) is 1. The number of likely N-dealkylation sites (N-methyl/N-ethyl adjacent to an activating group) is 1. The van der Waals surface area contributed by atoms with Crippen LogP contribution >= 0.6 is 0 Å². The lowest BCUT2D eigenvalue weighted by atomic mass is 9.95. The number of carbonyl (C=O) groups is 1. The van der Waals surface area contributed by atoms with Gasteiger partial charge >= 0.3 is 5.97 Å². The molecule has 0 saturated carbocycles. The first-order chi connectivity index (χ1) is 5.08. The van der Waals surface area contributed by atoms with Crippen LogP contribution in [-0.2, 0) is 9.53 Å². The lowest BCUT2D eigenvalue weighted by Gasteiger charge is -2.26. The van der Waals surface area contributed by atoms with E-state index in [1.165, 1.54) is 0 Å². The molecule has 1 aliphatic rings. The third-order valence-corrected chi connectivity index (χ3v) is 2.30. The van der Waals surface area contributed by atoms with Crippen molar-refractivity contribution in [3.63, 3.8) is 0 Å². The Kier molecular flexibility index (Phi) is 2.18. The van der Waals surface area contributed by atoms with Crippen molar-refractivity contribution < 1.29 is 9.53 Å². The molecule has 2 atom stereocenters. The molecule has 0 spiro atoms. The molecule has 0 bridgehead atoms. The zero-order valence-electron chi connectivity index (χ0n) is 7.31. The molecule has 1 rings (SSSR count). The number of carbonyl (C=O) groups excluding carboxylic acids is 1. The Morgan fingerprint density at radius 3 is 2.82 bits per heavy atom. The van der Waals surface area contributed by atoms with Crippen molar-refractivity contribution in [2.75, 3.05) is 6.54 Å². The fourth-order valence-corrected chi connectivity index (χ4v) is 1.42. The minimum Gasteiger partial charge on any atom is -0.461 e. The summed E-state index contributed by atoms with van der Waals surface area (Å²) < 4.78 is 5.03. The zero-order chi connectivity index (χ0) is 8.48. The van der Waals surface area contributed by atoms with Crippen LogP contribution in [0, 0.1) is 0 Å². The molecule has 0 aromatic carbocycles. The maximum atomic E-state index is 10.9. The van der Waals surface area contributed by atoms with Crippen LogP contribution in [0.4, 0.5) is 0 Å². The molecule has 11 heavy (non-hydrogen) atoms. The number of esters is 1. The van der Waals surface area contributed by atoms with Gasteiger partial charge in [0.05, 0.1) is 12.0 Å². The lowest BCUT2D eigenvalue weighted by molar-refractivity contribution is -0.140. The van der Waals surface area contributed by atoms with Gasteiger partial charge in [-0.1, -0.05) is 6.92 Å². The Morgan fingerprint density at radius 2 is 2.45 bits per heavy atom. The van der Waals surface area contributed by atoms with Crippen molar-refractivity contribution in [2.45, 2.75) is 38.8 Å². The van der Waals surface area contributed by atoms with E-state index in [1.807, 2.05) is 20.8 Å². The van der Waals surface area contributed by atoms with Gasteiger partial charge in [-0.3, -0.25) is 4.79 Å². The van der Waals surface area contributed by atoms with Crippen LogP contribution in [0.25, 0.3) is 0 Å². The lowest BCUT2D eigenvalue weighted by Crippen LogP contribution is -2.47. The average molecular weight is 157 g/mol. The van der Waals surface area contributed by atoms with Gasteiger partial charge in [0, 0.05) is 0 Å². The van der Waals surface area contributed by atoms with Gasteiger partial charge in [0.2, 0.25) is 0 Å². The standard InChI is InChI=1S/C8H15NO2/c1-4-9-8(3)5-7(10)11-6(8)2/h6,9H,4-5H2,1-3H3/t6-,8+/m0/s1. The highest BCUT2D eigenvalue weighted by Gasteiger charge is 2.41. The van der Waals surface area contributed by atoms with E-state index in [9.17, 15) is 4.79 Å². The summed E-state index contributed by atoms with van der Waals surface area (Å²) in [4.78, 5) is 10.9. The number of hydrogen-bond acceptors (Lipinski definition) is 3. The van der Waals surface area contributed by atoms with E-state index in [2.05, 4.69) is 5.32 Å². The predicted molar refractivity (Wildman–Crippen MR) is 42.3 cm³/mol. The maximum absolute atomic E-state index is 10.9. The van der Waals surface area contributed by atoms with Crippen LogP contribution in [-0.4, -0.2) is 24.2 Å².